The van der Waals surface area contributed by atoms with Gasteiger partial charge in [0.25, 0.3) is 0 Å². The van der Waals surface area contributed by atoms with Gasteiger partial charge in [0.15, 0.2) is 0 Å². The lowest BCUT2D eigenvalue weighted by Gasteiger charge is -2.26. The van der Waals surface area contributed by atoms with Crippen LogP contribution in [-0.4, -0.2) is 72.7 Å². The van der Waals surface area contributed by atoms with Crippen LogP contribution in [0.1, 0.15) is 12.8 Å². The molecular formula is C12H24N2O2S2. The van der Waals surface area contributed by atoms with Crippen LogP contribution in [0.2, 0.25) is 0 Å². The van der Waals surface area contributed by atoms with Gasteiger partial charge >= 0.3 is 0 Å². The van der Waals surface area contributed by atoms with Crippen molar-refractivity contribution < 1.29 is 9.47 Å². The van der Waals surface area contributed by atoms with Crippen molar-refractivity contribution in [2.75, 3.05) is 64.1 Å². The van der Waals surface area contributed by atoms with Crippen LogP contribution in [0.4, 0.5) is 0 Å². The third kappa shape index (κ3) is 6.12. The molecule has 2 aliphatic heterocycles. The largest absolute Gasteiger partial charge is 0.379 e. The highest BCUT2D eigenvalue weighted by atomic mass is 32.2. The van der Waals surface area contributed by atoms with E-state index in [4.69, 9.17) is 9.47 Å². The molecule has 106 valence electrons. The molecule has 0 aromatic heterocycles. The molecule has 0 radical (unpaired) electrons. The summed E-state index contributed by atoms with van der Waals surface area (Å²) in [7, 11) is 0. The number of nitrogens with zero attached hydrogens (tertiary/aromatic N) is 2. The Bertz CT molecular complexity index is 188. The topological polar surface area (TPSA) is 24.9 Å². The molecule has 0 unspecified atom stereocenters. The summed E-state index contributed by atoms with van der Waals surface area (Å²) in [4.78, 5) is 0. The van der Waals surface area contributed by atoms with Crippen molar-refractivity contribution in [3.63, 3.8) is 0 Å². The third-order valence-corrected chi connectivity index (χ3v) is 5.43. The third-order valence-electron chi connectivity index (χ3n) is 3.03. The summed E-state index contributed by atoms with van der Waals surface area (Å²) in [6.07, 6.45) is 2.64. The zero-order chi connectivity index (χ0) is 12.5. The van der Waals surface area contributed by atoms with Gasteiger partial charge in [-0.15, -0.1) is 0 Å². The van der Waals surface area contributed by atoms with E-state index in [0.717, 1.165) is 52.6 Å². The molecule has 0 amide bonds. The molecule has 0 aromatic rings. The Kier molecular flexibility index (Phi) is 7.84. The van der Waals surface area contributed by atoms with Crippen LogP contribution in [0.5, 0.6) is 0 Å². The molecule has 2 saturated heterocycles. The minimum absolute atomic E-state index is 0.903. The smallest absolute Gasteiger partial charge is 0.0603 e. The molecule has 2 aliphatic rings. The molecule has 2 fully saturated rings. The molecule has 0 atom stereocenters. The Morgan fingerprint density at radius 1 is 0.667 bits per heavy atom. The Balaban J connectivity index is 1.39. The summed E-state index contributed by atoms with van der Waals surface area (Å²) in [6.45, 7) is 7.97. The van der Waals surface area contributed by atoms with Crippen LogP contribution < -0.4 is 0 Å². The summed E-state index contributed by atoms with van der Waals surface area (Å²) >= 11 is 3.99. The highest BCUT2D eigenvalue weighted by Crippen LogP contribution is 2.17. The van der Waals surface area contributed by atoms with Crippen molar-refractivity contribution in [3.05, 3.63) is 0 Å². The van der Waals surface area contributed by atoms with E-state index < -0.39 is 0 Å². The molecule has 0 spiro atoms. The molecule has 0 saturated carbocycles. The Morgan fingerprint density at radius 3 is 1.44 bits per heavy atom. The van der Waals surface area contributed by atoms with E-state index in [0.29, 0.717) is 0 Å². The van der Waals surface area contributed by atoms with Gasteiger partial charge in [0.05, 0.1) is 26.4 Å². The second kappa shape index (κ2) is 9.44. The lowest BCUT2D eigenvalue weighted by Crippen LogP contribution is -2.31. The maximum absolute atomic E-state index is 5.34. The van der Waals surface area contributed by atoms with Crippen molar-refractivity contribution in [3.8, 4) is 0 Å². The second-order valence-electron chi connectivity index (χ2n) is 4.46. The predicted octanol–water partition coefficient (Wildman–Crippen LogP) is 1.73. The number of hydrogen-bond acceptors (Lipinski definition) is 6. The molecule has 0 N–H and O–H groups in total. The van der Waals surface area contributed by atoms with Crippen LogP contribution >= 0.6 is 23.9 Å². The maximum Gasteiger partial charge on any atom is 0.0603 e. The van der Waals surface area contributed by atoms with E-state index in [9.17, 15) is 0 Å². The van der Waals surface area contributed by atoms with Crippen LogP contribution in [0.3, 0.4) is 0 Å². The van der Waals surface area contributed by atoms with E-state index in [1.165, 1.54) is 24.3 Å². The van der Waals surface area contributed by atoms with E-state index in [1.54, 1.807) is 0 Å². The molecule has 2 rings (SSSR count). The van der Waals surface area contributed by atoms with Crippen LogP contribution in [0, 0.1) is 0 Å². The highest BCUT2D eigenvalue weighted by molar-refractivity contribution is 7.97. The number of unbranched alkanes of at least 4 members (excludes halogenated alkanes) is 1. The molecule has 6 heteroatoms. The van der Waals surface area contributed by atoms with Gasteiger partial charge in [0.1, 0.15) is 0 Å². The summed E-state index contributed by atoms with van der Waals surface area (Å²) in [5.41, 5.74) is 0. The lowest BCUT2D eigenvalue weighted by atomic mass is 10.4. The van der Waals surface area contributed by atoms with Gasteiger partial charge < -0.3 is 9.47 Å². The fourth-order valence-electron chi connectivity index (χ4n) is 1.94. The van der Waals surface area contributed by atoms with E-state index in [-0.39, 0.29) is 0 Å². The van der Waals surface area contributed by atoms with Crippen LogP contribution in [0.15, 0.2) is 0 Å². The van der Waals surface area contributed by atoms with Crippen molar-refractivity contribution >= 4 is 23.9 Å². The summed E-state index contributed by atoms with van der Waals surface area (Å²) < 4.78 is 15.6. The second-order valence-corrected chi connectivity index (χ2v) is 6.82. The Morgan fingerprint density at radius 2 is 1.06 bits per heavy atom. The number of ether oxygens (including phenoxy) is 2. The zero-order valence-electron chi connectivity index (χ0n) is 11.0. The van der Waals surface area contributed by atoms with Crippen molar-refractivity contribution in [1.29, 1.82) is 0 Å². The average Bonchev–Trinajstić information content (AvgIpc) is 2.45. The van der Waals surface area contributed by atoms with Gasteiger partial charge in [0, 0.05) is 37.7 Å². The maximum atomic E-state index is 5.34. The molecule has 0 aromatic carbocycles. The van der Waals surface area contributed by atoms with E-state index in [2.05, 4.69) is 8.61 Å². The van der Waals surface area contributed by atoms with Gasteiger partial charge in [-0.1, -0.05) is 23.9 Å². The predicted molar refractivity (Wildman–Crippen MR) is 78.9 cm³/mol. The standard InChI is InChI=1S/C12H24N2O2S2/c1(11-17-13-3-7-15-8-4-13)2-12-18-14-5-9-16-10-6-14/h1-12H2. The number of morpholine rings is 2. The quantitative estimate of drug-likeness (QED) is 0.523. The fourth-order valence-corrected chi connectivity index (χ4v) is 3.94. The molecule has 18 heavy (non-hydrogen) atoms. The molecular weight excluding hydrogens is 268 g/mol. The summed E-state index contributed by atoms with van der Waals surface area (Å²) in [6, 6.07) is 0. The van der Waals surface area contributed by atoms with Crippen molar-refractivity contribution in [2.45, 2.75) is 12.8 Å². The number of hydrogen-bond donors (Lipinski definition) is 0. The molecule has 2 heterocycles. The first kappa shape index (κ1) is 14.9. The van der Waals surface area contributed by atoms with Crippen molar-refractivity contribution in [1.82, 2.24) is 8.61 Å². The van der Waals surface area contributed by atoms with E-state index in [1.807, 2.05) is 23.9 Å². The monoisotopic (exact) mass is 292 g/mol. The van der Waals surface area contributed by atoms with Crippen molar-refractivity contribution in [2.24, 2.45) is 0 Å². The SMILES string of the molecule is C(CCSN1CCOCC1)CSN1CCOCC1. The normalized spacial score (nSPS) is 23.3. The Hall–Kier alpha value is 0.540. The minimum atomic E-state index is 0.903. The molecule has 0 bridgehead atoms. The fraction of sp³-hybridized carbons (Fsp3) is 1.00. The first-order chi connectivity index (χ1) is 8.95. The first-order valence-corrected chi connectivity index (χ1v) is 8.75. The van der Waals surface area contributed by atoms with Gasteiger partial charge in [-0.05, 0) is 12.8 Å². The van der Waals surface area contributed by atoms with E-state index >= 15 is 0 Å². The lowest BCUT2D eigenvalue weighted by molar-refractivity contribution is 0.0772. The van der Waals surface area contributed by atoms with Gasteiger partial charge in [-0.3, -0.25) is 0 Å². The summed E-state index contributed by atoms with van der Waals surface area (Å²) in [5, 5.41) is 0. The van der Waals surface area contributed by atoms with Gasteiger partial charge in [0.2, 0.25) is 0 Å². The molecule has 0 aliphatic carbocycles. The zero-order valence-corrected chi connectivity index (χ0v) is 12.6. The molecule has 4 nitrogen and oxygen atoms in total. The first-order valence-electron chi connectivity index (χ1n) is 6.86. The highest BCUT2D eigenvalue weighted by Gasteiger charge is 2.11. The Labute approximate surface area is 119 Å². The van der Waals surface area contributed by atoms with Crippen LogP contribution in [0.25, 0.3) is 0 Å². The van der Waals surface area contributed by atoms with Gasteiger partial charge in [-0.2, -0.15) is 0 Å². The van der Waals surface area contributed by atoms with Gasteiger partial charge in [-0.25, -0.2) is 8.61 Å². The minimum Gasteiger partial charge on any atom is -0.379 e. The van der Waals surface area contributed by atoms with Crippen LogP contribution in [-0.2, 0) is 9.47 Å². The average molecular weight is 292 g/mol. The number of rotatable bonds is 7. The summed E-state index contributed by atoms with van der Waals surface area (Å²) in [5.74, 6) is 2.51.